The second-order valence-corrected chi connectivity index (χ2v) is 4.89. The molecule has 0 fully saturated rings. The van der Waals surface area contributed by atoms with Crippen molar-refractivity contribution in [2.75, 3.05) is 14.1 Å². The van der Waals surface area contributed by atoms with Gasteiger partial charge in [0.25, 0.3) is 0 Å². The Bertz CT molecular complexity index is 270. The van der Waals surface area contributed by atoms with Crippen LogP contribution >= 0.6 is 0 Å². The molecule has 0 aromatic carbocycles. The SMILES string of the molecule is C=C(C(CCC)N(C)C)S(N)(=O)=O. The van der Waals surface area contributed by atoms with Crippen molar-refractivity contribution in [2.45, 2.75) is 25.8 Å². The molecule has 4 nitrogen and oxygen atoms in total. The summed E-state index contributed by atoms with van der Waals surface area (Å²) in [5.74, 6) is 0. The molecule has 0 aliphatic rings. The molecular weight excluding hydrogens is 188 g/mol. The lowest BCUT2D eigenvalue weighted by molar-refractivity contribution is 0.320. The number of hydrogen-bond donors (Lipinski definition) is 1. The van der Waals surface area contributed by atoms with E-state index in [9.17, 15) is 8.42 Å². The van der Waals surface area contributed by atoms with Gasteiger partial charge in [-0.3, -0.25) is 0 Å². The molecule has 0 saturated carbocycles. The molecule has 0 aliphatic heterocycles. The Morgan fingerprint density at radius 1 is 1.54 bits per heavy atom. The summed E-state index contributed by atoms with van der Waals surface area (Å²) >= 11 is 0. The highest BCUT2D eigenvalue weighted by molar-refractivity contribution is 7.93. The second-order valence-electron chi connectivity index (χ2n) is 3.28. The molecule has 0 rings (SSSR count). The summed E-state index contributed by atoms with van der Waals surface area (Å²) < 4.78 is 22.0. The maximum atomic E-state index is 11.0. The molecule has 0 amide bonds. The average Bonchev–Trinajstić information content (AvgIpc) is 1.96. The van der Waals surface area contributed by atoms with Crippen LogP contribution in [0, 0.1) is 0 Å². The van der Waals surface area contributed by atoms with Gasteiger partial charge < -0.3 is 4.90 Å². The number of nitrogens with zero attached hydrogens (tertiary/aromatic N) is 1. The summed E-state index contributed by atoms with van der Waals surface area (Å²) in [5.41, 5.74) is 0. The van der Waals surface area contributed by atoms with Crippen LogP contribution in [0.3, 0.4) is 0 Å². The Morgan fingerprint density at radius 3 is 2.23 bits per heavy atom. The molecule has 0 saturated heterocycles. The fraction of sp³-hybridized carbons (Fsp3) is 0.750. The fourth-order valence-corrected chi connectivity index (χ4v) is 1.88. The second kappa shape index (κ2) is 4.74. The third kappa shape index (κ3) is 3.89. The van der Waals surface area contributed by atoms with Crippen molar-refractivity contribution in [1.82, 2.24) is 4.90 Å². The number of likely N-dealkylation sites (N-methyl/N-ethyl adjacent to an activating group) is 1. The predicted octanol–water partition coefficient (Wildman–Crippen LogP) is 0.519. The zero-order valence-corrected chi connectivity index (χ0v) is 9.26. The minimum absolute atomic E-state index is 0.0966. The molecule has 78 valence electrons. The largest absolute Gasteiger partial charge is 0.302 e. The quantitative estimate of drug-likeness (QED) is 0.713. The highest BCUT2D eigenvalue weighted by Gasteiger charge is 2.22. The molecule has 2 N–H and O–H groups in total. The number of rotatable bonds is 5. The molecule has 5 heteroatoms. The first-order valence-electron chi connectivity index (χ1n) is 4.18. The Kier molecular flexibility index (Phi) is 4.60. The molecule has 0 aliphatic carbocycles. The van der Waals surface area contributed by atoms with E-state index in [0.717, 1.165) is 12.8 Å². The molecule has 0 bridgehead atoms. The van der Waals surface area contributed by atoms with Crippen LogP contribution < -0.4 is 5.14 Å². The lowest BCUT2D eigenvalue weighted by atomic mass is 10.1. The van der Waals surface area contributed by atoms with E-state index in [-0.39, 0.29) is 10.9 Å². The van der Waals surface area contributed by atoms with Crippen molar-refractivity contribution < 1.29 is 8.42 Å². The maximum absolute atomic E-state index is 11.0. The highest BCUT2D eigenvalue weighted by atomic mass is 32.2. The molecule has 1 unspecified atom stereocenters. The smallest absolute Gasteiger partial charge is 0.235 e. The number of nitrogens with two attached hydrogens (primary N) is 1. The molecule has 13 heavy (non-hydrogen) atoms. The van der Waals surface area contributed by atoms with Gasteiger partial charge in [0.1, 0.15) is 0 Å². The average molecular weight is 206 g/mol. The van der Waals surface area contributed by atoms with Crippen LogP contribution in [-0.4, -0.2) is 33.5 Å². The lowest BCUT2D eigenvalue weighted by Crippen LogP contribution is -2.34. The van der Waals surface area contributed by atoms with Gasteiger partial charge in [0.2, 0.25) is 10.0 Å². The first kappa shape index (κ1) is 12.6. The summed E-state index contributed by atoms with van der Waals surface area (Å²) in [7, 11) is 0.0269. The van der Waals surface area contributed by atoms with Gasteiger partial charge in [-0.05, 0) is 20.5 Å². The summed E-state index contributed by atoms with van der Waals surface area (Å²) in [4.78, 5) is 1.91. The van der Waals surface area contributed by atoms with Gasteiger partial charge in [0.15, 0.2) is 0 Å². The van der Waals surface area contributed by atoms with E-state index in [1.54, 1.807) is 0 Å². The summed E-state index contributed by atoms with van der Waals surface area (Å²) in [6.07, 6.45) is 1.65. The van der Waals surface area contributed by atoms with E-state index in [1.165, 1.54) is 0 Å². The number of hydrogen-bond acceptors (Lipinski definition) is 3. The third-order valence-corrected chi connectivity index (χ3v) is 2.93. The summed E-state index contributed by atoms with van der Waals surface area (Å²) in [6, 6.07) is -0.181. The van der Waals surface area contributed by atoms with Crippen molar-refractivity contribution >= 4 is 10.0 Å². The first-order valence-corrected chi connectivity index (χ1v) is 5.73. The van der Waals surface area contributed by atoms with Crippen molar-refractivity contribution in [1.29, 1.82) is 0 Å². The molecule has 0 heterocycles. The lowest BCUT2D eigenvalue weighted by Gasteiger charge is -2.24. The zero-order chi connectivity index (χ0) is 10.6. The van der Waals surface area contributed by atoms with Crippen LogP contribution in [0.15, 0.2) is 11.5 Å². The Balaban J connectivity index is 4.67. The van der Waals surface area contributed by atoms with Crippen molar-refractivity contribution in [3.05, 3.63) is 11.5 Å². The molecule has 0 aromatic heterocycles. The standard InChI is InChI=1S/C8H18N2O2S/c1-5-6-8(10(3)4)7(2)13(9,11)12/h8H,2,5-6H2,1,3-4H3,(H2,9,11,12). The van der Waals surface area contributed by atoms with Crippen molar-refractivity contribution in [3.8, 4) is 0 Å². The summed E-state index contributed by atoms with van der Waals surface area (Å²) in [5, 5.41) is 4.99. The monoisotopic (exact) mass is 206 g/mol. The van der Waals surface area contributed by atoms with Gasteiger partial charge in [-0.2, -0.15) is 0 Å². The Morgan fingerprint density at radius 2 is 2.00 bits per heavy atom. The van der Waals surface area contributed by atoms with E-state index in [2.05, 4.69) is 6.58 Å². The molecular formula is C8H18N2O2S. The summed E-state index contributed by atoms with van der Waals surface area (Å²) in [6.45, 7) is 5.50. The minimum Gasteiger partial charge on any atom is -0.302 e. The van der Waals surface area contributed by atoms with Gasteiger partial charge in [0, 0.05) is 6.04 Å². The fourth-order valence-electron chi connectivity index (χ4n) is 1.17. The van der Waals surface area contributed by atoms with E-state index in [1.807, 2.05) is 25.9 Å². The van der Waals surface area contributed by atoms with Gasteiger partial charge in [0.05, 0.1) is 4.91 Å². The van der Waals surface area contributed by atoms with Crippen LogP contribution in [0.2, 0.25) is 0 Å². The molecule has 0 spiro atoms. The normalized spacial score (nSPS) is 14.5. The van der Waals surface area contributed by atoms with Crippen LogP contribution in [-0.2, 0) is 10.0 Å². The van der Waals surface area contributed by atoms with Crippen LogP contribution in [0.4, 0.5) is 0 Å². The topological polar surface area (TPSA) is 63.4 Å². The van der Waals surface area contributed by atoms with E-state index < -0.39 is 10.0 Å². The van der Waals surface area contributed by atoms with Gasteiger partial charge in [-0.15, -0.1) is 0 Å². The highest BCUT2D eigenvalue weighted by Crippen LogP contribution is 2.15. The van der Waals surface area contributed by atoms with Gasteiger partial charge in [-0.25, -0.2) is 13.6 Å². The van der Waals surface area contributed by atoms with E-state index in [0.29, 0.717) is 0 Å². The molecule has 0 radical (unpaired) electrons. The van der Waals surface area contributed by atoms with Crippen LogP contribution in [0.5, 0.6) is 0 Å². The molecule has 1 atom stereocenters. The minimum atomic E-state index is -3.61. The Labute approximate surface area is 80.5 Å². The zero-order valence-electron chi connectivity index (χ0n) is 8.45. The van der Waals surface area contributed by atoms with Gasteiger partial charge in [-0.1, -0.05) is 19.9 Å². The number of sulfonamides is 1. The van der Waals surface area contributed by atoms with Crippen molar-refractivity contribution in [2.24, 2.45) is 5.14 Å². The Hall–Kier alpha value is -0.390. The van der Waals surface area contributed by atoms with Crippen molar-refractivity contribution in [3.63, 3.8) is 0 Å². The van der Waals surface area contributed by atoms with Gasteiger partial charge >= 0.3 is 0 Å². The van der Waals surface area contributed by atoms with E-state index in [4.69, 9.17) is 5.14 Å². The van der Waals surface area contributed by atoms with Crippen LogP contribution in [0.25, 0.3) is 0 Å². The third-order valence-electron chi connectivity index (χ3n) is 1.92. The van der Waals surface area contributed by atoms with E-state index >= 15 is 0 Å². The number of primary sulfonamides is 1. The predicted molar refractivity (Wildman–Crippen MR) is 54.6 cm³/mol. The molecule has 0 aromatic rings. The maximum Gasteiger partial charge on any atom is 0.235 e. The first-order chi connectivity index (χ1) is 5.80. The van der Waals surface area contributed by atoms with Crippen LogP contribution in [0.1, 0.15) is 19.8 Å².